The van der Waals surface area contributed by atoms with E-state index in [1.807, 2.05) is 30.3 Å². The van der Waals surface area contributed by atoms with Crippen LogP contribution in [0.3, 0.4) is 0 Å². The summed E-state index contributed by atoms with van der Waals surface area (Å²) < 4.78 is 10.1. The topological polar surface area (TPSA) is 59.6 Å². The van der Waals surface area contributed by atoms with Gasteiger partial charge in [0.25, 0.3) is 0 Å². The minimum absolute atomic E-state index is 0. The molecule has 0 heterocycles. The van der Waals surface area contributed by atoms with Crippen molar-refractivity contribution in [2.75, 3.05) is 45.3 Å². The maximum Gasteiger partial charge on any atom is 0.239 e. The molecule has 0 spiro atoms. The average molecular weight is 289 g/mol. The van der Waals surface area contributed by atoms with E-state index in [0.29, 0.717) is 26.4 Å². The summed E-state index contributed by atoms with van der Waals surface area (Å²) in [5, 5.41) is 5.80. The predicted octanol–water partition coefficient (Wildman–Crippen LogP) is 1.30. The quantitative estimate of drug-likeness (QED) is 0.673. The molecule has 0 saturated heterocycles. The number of carbonyl (C=O) groups is 1. The van der Waals surface area contributed by atoms with E-state index < -0.39 is 0 Å². The van der Waals surface area contributed by atoms with Crippen molar-refractivity contribution < 1.29 is 14.3 Å². The molecule has 1 amide bonds. The van der Waals surface area contributed by atoms with Gasteiger partial charge in [0.1, 0.15) is 0 Å². The summed E-state index contributed by atoms with van der Waals surface area (Å²) in [7, 11) is 1.63. The lowest BCUT2D eigenvalue weighted by Crippen LogP contribution is -2.32. The molecule has 0 bridgehead atoms. The Labute approximate surface area is 120 Å². The molecular weight excluding hydrogens is 268 g/mol. The third kappa shape index (κ3) is 9.30. The summed E-state index contributed by atoms with van der Waals surface area (Å²) in [6.45, 7) is 2.40. The van der Waals surface area contributed by atoms with Crippen LogP contribution in [0.2, 0.25) is 0 Å². The summed E-state index contributed by atoms with van der Waals surface area (Å²) in [5.74, 6) is -0.0470. The molecule has 1 aromatic carbocycles. The summed E-state index contributed by atoms with van der Waals surface area (Å²) >= 11 is 0. The molecule has 1 aromatic rings. The Kier molecular flexibility index (Phi) is 11.0. The van der Waals surface area contributed by atoms with Crippen molar-refractivity contribution in [1.82, 2.24) is 5.32 Å². The van der Waals surface area contributed by atoms with Crippen LogP contribution in [0.1, 0.15) is 0 Å². The van der Waals surface area contributed by atoms with Gasteiger partial charge in [0, 0.05) is 19.3 Å². The van der Waals surface area contributed by atoms with Crippen LogP contribution in [-0.2, 0) is 14.3 Å². The van der Waals surface area contributed by atoms with Crippen molar-refractivity contribution in [3.8, 4) is 0 Å². The van der Waals surface area contributed by atoms with Gasteiger partial charge in [0.05, 0.1) is 26.4 Å². The highest BCUT2D eigenvalue weighted by Crippen LogP contribution is 2.03. The summed E-state index contributed by atoms with van der Waals surface area (Å²) in [6, 6.07) is 9.61. The molecular formula is C13H21ClN2O3. The number of hydrogen-bond donors (Lipinski definition) is 2. The predicted molar refractivity (Wildman–Crippen MR) is 77.9 cm³/mol. The first-order valence-electron chi connectivity index (χ1n) is 5.95. The zero-order chi connectivity index (χ0) is 13.1. The molecule has 0 radical (unpaired) electrons. The van der Waals surface area contributed by atoms with E-state index in [-0.39, 0.29) is 24.9 Å². The second-order valence-electron chi connectivity index (χ2n) is 3.67. The highest BCUT2D eigenvalue weighted by molar-refractivity contribution is 5.85. The van der Waals surface area contributed by atoms with Crippen molar-refractivity contribution in [3.05, 3.63) is 30.3 Å². The van der Waals surface area contributed by atoms with Gasteiger partial charge in [-0.15, -0.1) is 12.4 Å². The van der Waals surface area contributed by atoms with Crippen molar-refractivity contribution in [3.63, 3.8) is 0 Å². The first kappa shape index (κ1) is 17.7. The molecule has 0 aromatic heterocycles. The Morgan fingerprint density at radius 1 is 1.16 bits per heavy atom. The molecule has 19 heavy (non-hydrogen) atoms. The minimum atomic E-state index is -0.0470. The second-order valence-corrected chi connectivity index (χ2v) is 3.67. The number of hydrogen-bond acceptors (Lipinski definition) is 4. The van der Waals surface area contributed by atoms with Gasteiger partial charge < -0.3 is 20.1 Å². The number of para-hydroxylation sites is 1. The summed E-state index contributed by atoms with van der Waals surface area (Å²) in [6.07, 6.45) is 0. The number of anilines is 1. The molecule has 0 aliphatic heterocycles. The third-order valence-electron chi connectivity index (χ3n) is 2.23. The van der Waals surface area contributed by atoms with Crippen LogP contribution in [0.15, 0.2) is 30.3 Å². The van der Waals surface area contributed by atoms with Crippen molar-refractivity contribution >= 4 is 24.0 Å². The lowest BCUT2D eigenvalue weighted by atomic mass is 10.3. The van der Waals surface area contributed by atoms with Crippen LogP contribution >= 0.6 is 12.4 Å². The molecule has 2 N–H and O–H groups in total. The average Bonchev–Trinajstić information content (AvgIpc) is 2.41. The molecule has 1 rings (SSSR count). The van der Waals surface area contributed by atoms with Gasteiger partial charge in [0.15, 0.2) is 0 Å². The van der Waals surface area contributed by atoms with E-state index in [1.54, 1.807) is 7.11 Å². The Bertz CT molecular complexity index is 336. The fraction of sp³-hybridized carbons (Fsp3) is 0.462. The standard InChI is InChI=1S/C13H20N2O3.ClH/c1-17-9-10-18-8-7-14-13(16)11-15-12-5-3-2-4-6-12;/h2-6,15H,7-11H2,1H3,(H,14,16);1H. The molecule has 0 unspecified atom stereocenters. The van der Waals surface area contributed by atoms with Gasteiger partial charge in [0.2, 0.25) is 5.91 Å². The van der Waals surface area contributed by atoms with Gasteiger partial charge >= 0.3 is 0 Å². The van der Waals surface area contributed by atoms with Crippen LogP contribution in [0.4, 0.5) is 5.69 Å². The Hall–Kier alpha value is -1.30. The van der Waals surface area contributed by atoms with E-state index in [2.05, 4.69) is 10.6 Å². The van der Waals surface area contributed by atoms with E-state index in [9.17, 15) is 4.79 Å². The van der Waals surface area contributed by atoms with Gasteiger partial charge in [-0.3, -0.25) is 4.79 Å². The zero-order valence-corrected chi connectivity index (χ0v) is 11.9. The number of rotatable bonds is 9. The second kappa shape index (κ2) is 11.8. The molecule has 0 aliphatic rings. The minimum Gasteiger partial charge on any atom is -0.382 e. The monoisotopic (exact) mass is 288 g/mol. The van der Waals surface area contributed by atoms with E-state index in [0.717, 1.165) is 5.69 Å². The highest BCUT2D eigenvalue weighted by atomic mass is 35.5. The largest absolute Gasteiger partial charge is 0.382 e. The number of benzene rings is 1. The zero-order valence-electron chi connectivity index (χ0n) is 11.1. The molecule has 0 saturated carbocycles. The van der Waals surface area contributed by atoms with E-state index in [1.165, 1.54) is 0 Å². The van der Waals surface area contributed by atoms with Crippen LogP contribution in [-0.4, -0.2) is 45.9 Å². The van der Waals surface area contributed by atoms with Crippen LogP contribution < -0.4 is 10.6 Å². The molecule has 108 valence electrons. The Morgan fingerprint density at radius 2 is 1.89 bits per heavy atom. The highest BCUT2D eigenvalue weighted by Gasteiger charge is 1.99. The van der Waals surface area contributed by atoms with Crippen LogP contribution in [0.25, 0.3) is 0 Å². The van der Waals surface area contributed by atoms with Gasteiger partial charge in [-0.1, -0.05) is 18.2 Å². The number of nitrogens with one attached hydrogen (secondary N) is 2. The van der Waals surface area contributed by atoms with Gasteiger partial charge in [-0.05, 0) is 12.1 Å². The van der Waals surface area contributed by atoms with Crippen molar-refractivity contribution in [1.29, 1.82) is 0 Å². The number of ether oxygens (including phenoxy) is 2. The third-order valence-corrected chi connectivity index (χ3v) is 2.23. The Morgan fingerprint density at radius 3 is 2.58 bits per heavy atom. The van der Waals surface area contributed by atoms with Crippen molar-refractivity contribution in [2.45, 2.75) is 0 Å². The van der Waals surface area contributed by atoms with E-state index >= 15 is 0 Å². The maximum atomic E-state index is 11.5. The number of halogens is 1. The lowest BCUT2D eigenvalue weighted by Gasteiger charge is -2.08. The number of methoxy groups -OCH3 is 1. The lowest BCUT2D eigenvalue weighted by molar-refractivity contribution is -0.119. The SMILES string of the molecule is COCCOCCNC(=O)CNc1ccccc1.Cl. The van der Waals surface area contributed by atoms with Crippen molar-refractivity contribution in [2.24, 2.45) is 0 Å². The Balaban J connectivity index is 0.00000324. The fourth-order valence-electron chi connectivity index (χ4n) is 1.31. The van der Waals surface area contributed by atoms with E-state index in [4.69, 9.17) is 9.47 Å². The van der Waals surface area contributed by atoms with Gasteiger partial charge in [-0.2, -0.15) is 0 Å². The molecule has 6 heteroatoms. The summed E-state index contributed by atoms with van der Waals surface area (Å²) in [4.78, 5) is 11.5. The summed E-state index contributed by atoms with van der Waals surface area (Å²) in [5.41, 5.74) is 0.934. The molecule has 0 aliphatic carbocycles. The molecule has 0 atom stereocenters. The van der Waals surface area contributed by atoms with Crippen LogP contribution in [0.5, 0.6) is 0 Å². The fourth-order valence-corrected chi connectivity index (χ4v) is 1.31. The number of amides is 1. The van der Waals surface area contributed by atoms with Crippen LogP contribution in [0, 0.1) is 0 Å². The molecule has 5 nitrogen and oxygen atoms in total. The smallest absolute Gasteiger partial charge is 0.239 e. The first-order valence-corrected chi connectivity index (χ1v) is 5.95. The maximum absolute atomic E-state index is 11.5. The van der Waals surface area contributed by atoms with Gasteiger partial charge in [-0.25, -0.2) is 0 Å². The normalized spacial score (nSPS) is 9.53. The number of carbonyl (C=O) groups excluding carboxylic acids is 1. The first-order chi connectivity index (χ1) is 8.83. The molecule has 0 fully saturated rings.